The zero-order valence-electron chi connectivity index (χ0n) is 7.36. The molecule has 0 bridgehead atoms. The van der Waals surface area contributed by atoms with Gasteiger partial charge in [-0.3, -0.25) is 0 Å². The van der Waals surface area contributed by atoms with E-state index in [2.05, 4.69) is 9.97 Å². The first-order chi connectivity index (χ1) is 6.48. The maximum Gasteiger partial charge on any atom is 0.449 e. The number of H-pyrrole nitrogens is 1. The fourth-order valence-corrected chi connectivity index (χ4v) is 1.69. The Morgan fingerprint density at radius 2 is 2.14 bits per heavy atom. The summed E-state index contributed by atoms with van der Waals surface area (Å²) < 4.78 is 36.8. The number of aryl methyl sites for hydroxylation is 1. The first-order valence-electron chi connectivity index (χ1n) is 4.40. The lowest BCUT2D eigenvalue weighted by Crippen LogP contribution is -2.17. The number of fused-ring (bicyclic) bond motifs is 1. The molecular formula is C8H10F3N3. The number of halogens is 3. The molecule has 1 unspecified atom stereocenters. The predicted molar refractivity (Wildman–Crippen MR) is 43.5 cm³/mol. The summed E-state index contributed by atoms with van der Waals surface area (Å²) >= 11 is 0. The monoisotopic (exact) mass is 205 g/mol. The lowest BCUT2D eigenvalue weighted by Gasteiger charge is -2.15. The molecule has 2 rings (SSSR count). The molecule has 78 valence electrons. The normalized spacial score (nSPS) is 22.1. The van der Waals surface area contributed by atoms with Gasteiger partial charge in [-0.1, -0.05) is 0 Å². The Morgan fingerprint density at radius 3 is 2.71 bits per heavy atom. The van der Waals surface area contributed by atoms with Crippen LogP contribution in [0.2, 0.25) is 0 Å². The number of alkyl halides is 3. The van der Waals surface area contributed by atoms with E-state index in [0.29, 0.717) is 24.2 Å². The summed E-state index contributed by atoms with van der Waals surface area (Å²) in [5.74, 6) is -0.931. The Morgan fingerprint density at radius 1 is 1.43 bits per heavy atom. The van der Waals surface area contributed by atoms with E-state index in [1.807, 2.05) is 0 Å². The van der Waals surface area contributed by atoms with Gasteiger partial charge in [0, 0.05) is 11.7 Å². The largest absolute Gasteiger partial charge is 0.449 e. The molecule has 1 aliphatic rings. The second kappa shape index (κ2) is 2.98. The van der Waals surface area contributed by atoms with Gasteiger partial charge in [-0.25, -0.2) is 4.98 Å². The number of nitrogens with two attached hydrogens (primary N) is 1. The molecule has 1 aliphatic carbocycles. The van der Waals surface area contributed by atoms with Gasteiger partial charge in [0.15, 0.2) is 0 Å². The molecule has 0 radical (unpaired) electrons. The van der Waals surface area contributed by atoms with Crippen molar-refractivity contribution in [1.82, 2.24) is 9.97 Å². The smallest absolute Gasteiger partial charge is 0.338 e. The summed E-state index contributed by atoms with van der Waals surface area (Å²) in [6.45, 7) is 0. The molecule has 1 aromatic heterocycles. The molecule has 1 aromatic rings. The summed E-state index contributed by atoms with van der Waals surface area (Å²) in [4.78, 5) is 5.79. The molecule has 0 spiro atoms. The molecule has 0 saturated carbocycles. The summed E-state index contributed by atoms with van der Waals surface area (Å²) in [5, 5.41) is 0. The number of hydrogen-bond acceptors (Lipinski definition) is 2. The number of nitrogens with one attached hydrogen (secondary N) is 1. The van der Waals surface area contributed by atoms with Crippen LogP contribution in [0.15, 0.2) is 0 Å². The van der Waals surface area contributed by atoms with Crippen LogP contribution in [0.4, 0.5) is 13.2 Å². The minimum atomic E-state index is -4.41. The number of imidazole rings is 1. The van der Waals surface area contributed by atoms with Crippen molar-refractivity contribution >= 4 is 0 Å². The van der Waals surface area contributed by atoms with Gasteiger partial charge in [0.25, 0.3) is 0 Å². The molecule has 0 aliphatic heterocycles. The lowest BCUT2D eigenvalue weighted by molar-refractivity contribution is -0.144. The van der Waals surface area contributed by atoms with Crippen LogP contribution in [0.1, 0.15) is 36.1 Å². The van der Waals surface area contributed by atoms with Gasteiger partial charge in [0.05, 0.1) is 5.69 Å². The minimum absolute atomic E-state index is 0.355. The molecule has 0 fully saturated rings. The summed E-state index contributed by atoms with van der Waals surface area (Å²) in [6.07, 6.45) is -2.29. The Labute approximate surface area is 78.5 Å². The molecular weight excluding hydrogens is 195 g/mol. The lowest BCUT2D eigenvalue weighted by atomic mass is 9.97. The molecule has 1 atom stereocenters. The average molecular weight is 205 g/mol. The number of nitrogens with zero attached hydrogens (tertiary/aromatic N) is 1. The van der Waals surface area contributed by atoms with Crippen LogP contribution in [0, 0.1) is 0 Å². The highest BCUT2D eigenvalue weighted by Gasteiger charge is 2.36. The van der Waals surface area contributed by atoms with E-state index in [-0.39, 0.29) is 6.04 Å². The fraction of sp³-hybridized carbons (Fsp3) is 0.625. The molecule has 6 heteroatoms. The van der Waals surface area contributed by atoms with Crippen LogP contribution in [-0.4, -0.2) is 9.97 Å². The van der Waals surface area contributed by atoms with Crippen molar-refractivity contribution in [3.8, 4) is 0 Å². The zero-order chi connectivity index (χ0) is 10.3. The van der Waals surface area contributed by atoms with Gasteiger partial charge in [0.1, 0.15) is 0 Å². The van der Waals surface area contributed by atoms with E-state index in [0.717, 1.165) is 6.42 Å². The Hall–Kier alpha value is -1.04. The molecule has 3 N–H and O–H groups in total. The van der Waals surface area contributed by atoms with Crippen LogP contribution in [0.3, 0.4) is 0 Å². The maximum absolute atomic E-state index is 12.3. The zero-order valence-corrected chi connectivity index (χ0v) is 7.36. The van der Waals surface area contributed by atoms with Crippen molar-refractivity contribution in [1.29, 1.82) is 0 Å². The highest BCUT2D eigenvalue weighted by molar-refractivity contribution is 5.22. The van der Waals surface area contributed by atoms with Crippen molar-refractivity contribution in [3.63, 3.8) is 0 Å². The van der Waals surface area contributed by atoms with Crippen molar-refractivity contribution in [2.45, 2.75) is 31.5 Å². The Kier molecular flexibility index (Phi) is 2.02. The average Bonchev–Trinajstić information content (AvgIpc) is 2.48. The highest BCUT2D eigenvalue weighted by Crippen LogP contribution is 2.32. The Bertz CT molecular complexity index is 342. The third-order valence-corrected chi connectivity index (χ3v) is 2.37. The SMILES string of the molecule is NC1CCCc2[nH]c(C(F)(F)F)nc21. The molecule has 0 saturated heterocycles. The molecule has 3 nitrogen and oxygen atoms in total. The van der Waals surface area contributed by atoms with Gasteiger partial charge < -0.3 is 10.7 Å². The highest BCUT2D eigenvalue weighted by atomic mass is 19.4. The predicted octanol–water partition coefficient (Wildman–Crippen LogP) is 1.76. The maximum atomic E-state index is 12.3. The van der Waals surface area contributed by atoms with E-state index in [4.69, 9.17) is 5.73 Å². The molecule has 0 aromatic carbocycles. The second-order valence-corrected chi connectivity index (χ2v) is 3.45. The quantitative estimate of drug-likeness (QED) is 0.678. The van der Waals surface area contributed by atoms with E-state index >= 15 is 0 Å². The molecule has 1 heterocycles. The van der Waals surface area contributed by atoms with Crippen molar-refractivity contribution in [2.24, 2.45) is 5.73 Å². The van der Waals surface area contributed by atoms with E-state index in [9.17, 15) is 13.2 Å². The summed E-state index contributed by atoms with van der Waals surface area (Å²) in [5.41, 5.74) is 6.57. The minimum Gasteiger partial charge on any atom is -0.338 e. The number of aromatic nitrogens is 2. The van der Waals surface area contributed by atoms with Crippen LogP contribution in [-0.2, 0) is 12.6 Å². The number of aromatic amines is 1. The fourth-order valence-electron chi connectivity index (χ4n) is 1.69. The topological polar surface area (TPSA) is 54.7 Å². The van der Waals surface area contributed by atoms with Gasteiger partial charge in [-0.2, -0.15) is 13.2 Å². The molecule has 14 heavy (non-hydrogen) atoms. The van der Waals surface area contributed by atoms with Crippen molar-refractivity contribution in [2.75, 3.05) is 0 Å². The van der Waals surface area contributed by atoms with Gasteiger partial charge >= 0.3 is 6.18 Å². The number of rotatable bonds is 0. The standard InChI is InChI=1S/C8H10F3N3/c9-8(10,11)7-13-5-3-1-2-4(12)6(5)14-7/h4H,1-3,12H2,(H,13,14). The first-order valence-corrected chi connectivity index (χ1v) is 4.40. The van der Waals surface area contributed by atoms with E-state index in [1.54, 1.807) is 0 Å². The van der Waals surface area contributed by atoms with Crippen LogP contribution in [0.5, 0.6) is 0 Å². The summed E-state index contributed by atoms with van der Waals surface area (Å²) in [6, 6.07) is -0.355. The molecule has 0 amide bonds. The van der Waals surface area contributed by atoms with Gasteiger partial charge in [-0.05, 0) is 19.3 Å². The van der Waals surface area contributed by atoms with Crippen LogP contribution in [0.25, 0.3) is 0 Å². The van der Waals surface area contributed by atoms with Gasteiger partial charge in [-0.15, -0.1) is 0 Å². The Balaban J connectivity index is 2.40. The van der Waals surface area contributed by atoms with E-state index in [1.165, 1.54) is 0 Å². The summed E-state index contributed by atoms with van der Waals surface area (Å²) in [7, 11) is 0. The third kappa shape index (κ3) is 1.50. The van der Waals surface area contributed by atoms with Gasteiger partial charge in [0.2, 0.25) is 5.82 Å². The third-order valence-electron chi connectivity index (χ3n) is 2.37. The van der Waals surface area contributed by atoms with Crippen LogP contribution >= 0.6 is 0 Å². The van der Waals surface area contributed by atoms with Crippen molar-refractivity contribution in [3.05, 3.63) is 17.2 Å². The van der Waals surface area contributed by atoms with Crippen molar-refractivity contribution < 1.29 is 13.2 Å². The first kappa shape index (κ1) is 9.51. The van der Waals surface area contributed by atoms with Crippen LogP contribution < -0.4 is 5.73 Å². The number of hydrogen-bond donors (Lipinski definition) is 2. The second-order valence-electron chi connectivity index (χ2n) is 3.45. The van der Waals surface area contributed by atoms with E-state index < -0.39 is 12.0 Å².